The van der Waals surface area contributed by atoms with E-state index >= 15 is 0 Å². The number of aliphatic hydroxyl groups is 2. The van der Waals surface area contributed by atoms with Gasteiger partial charge in [0.05, 0.1) is 6.61 Å². The van der Waals surface area contributed by atoms with Crippen LogP contribution >= 0.6 is 0 Å². The molecular weight excluding hydrogens is 170 g/mol. The van der Waals surface area contributed by atoms with Gasteiger partial charge in [-0.3, -0.25) is 4.79 Å². The molecule has 0 fully saturated rings. The first-order valence-corrected chi connectivity index (χ1v) is 4.05. The van der Waals surface area contributed by atoms with Crippen LogP contribution in [0.5, 0.6) is 0 Å². The summed E-state index contributed by atoms with van der Waals surface area (Å²) in [4.78, 5) is 11.0. The third-order valence-corrected chi connectivity index (χ3v) is 1.50. The summed E-state index contributed by atoms with van der Waals surface area (Å²) in [5, 5.41) is 20.4. The summed E-state index contributed by atoms with van der Waals surface area (Å²) in [7, 11) is 0. The van der Waals surface area contributed by atoms with Gasteiger partial charge in [0.25, 0.3) is 0 Å². The number of rotatable bonds is 5. The summed E-state index contributed by atoms with van der Waals surface area (Å²) in [5.41, 5.74) is -1.26. The van der Waals surface area contributed by atoms with Crippen molar-refractivity contribution in [2.45, 2.75) is 25.4 Å². The summed E-state index contributed by atoms with van der Waals surface area (Å²) in [6, 6.07) is 0. The quantitative estimate of drug-likeness (QED) is 0.494. The maximum absolute atomic E-state index is 11.0. The van der Waals surface area contributed by atoms with Crippen molar-refractivity contribution in [2.75, 3.05) is 13.2 Å². The monoisotopic (exact) mass is 185 g/mol. The van der Waals surface area contributed by atoms with Gasteiger partial charge in [-0.15, -0.1) is 12.3 Å². The Bertz CT molecular complexity index is 205. The van der Waals surface area contributed by atoms with Crippen LogP contribution in [0.1, 0.15) is 19.8 Å². The fourth-order valence-corrected chi connectivity index (χ4v) is 0.619. The average Bonchev–Trinajstić information content (AvgIpc) is 2.11. The van der Waals surface area contributed by atoms with E-state index in [4.69, 9.17) is 11.5 Å². The molecule has 1 unspecified atom stereocenters. The second-order valence-electron chi connectivity index (χ2n) is 3.14. The number of carbonyl (C=O) groups is 1. The lowest BCUT2D eigenvalue weighted by Gasteiger charge is -2.20. The smallest absolute Gasteiger partial charge is 0.221 e. The first-order chi connectivity index (χ1) is 6.02. The van der Waals surface area contributed by atoms with Gasteiger partial charge in [0, 0.05) is 19.4 Å². The Balaban J connectivity index is 3.65. The van der Waals surface area contributed by atoms with Crippen LogP contribution in [-0.2, 0) is 4.79 Å². The van der Waals surface area contributed by atoms with E-state index in [9.17, 15) is 9.90 Å². The Hall–Kier alpha value is -1.05. The van der Waals surface area contributed by atoms with Gasteiger partial charge in [-0.1, -0.05) is 0 Å². The fourth-order valence-electron chi connectivity index (χ4n) is 0.619. The van der Waals surface area contributed by atoms with Gasteiger partial charge in [0.2, 0.25) is 5.91 Å². The van der Waals surface area contributed by atoms with Crippen LogP contribution in [0.4, 0.5) is 0 Å². The molecule has 0 aliphatic heterocycles. The second-order valence-corrected chi connectivity index (χ2v) is 3.14. The molecule has 0 rings (SSSR count). The highest BCUT2D eigenvalue weighted by atomic mass is 16.3. The molecule has 0 bridgehead atoms. The predicted molar refractivity (Wildman–Crippen MR) is 48.8 cm³/mol. The van der Waals surface area contributed by atoms with Crippen molar-refractivity contribution in [3.8, 4) is 12.3 Å². The van der Waals surface area contributed by atoms with Crippen LogP contribution in [0.2, 0.25) is 0 Å². The van der Waals surface area contributed by atoms with E-state index in [0.717, 1.165) is 0 Å². The zero-order valence-electron chi connectivity index (χ0n) is 7.71. The van der Waals surface area contributed by atoms with Gasteiger partial charge in [0.15, 0.2) is 0 Å². The molecule has 0 aromatic heterocycles. The first-order valence-electron chi connectivity index (χ1n) is 4.05. The number of aliphatic hydroxyl groups excluding tert-OH is 1. The van der Waals surface area contributed by atoms with Crippen molar-refractivity contribution in [1.29, 1.82) is 0 Å². The number of amides is 1. The molecule has 0 radical (unpaired) electrons. The molecule has 74 valence electrons. The number of carbonyl (C=O) groups excluding carboxylic acids is 1. The number of hydrogen-bond acceptors (Lipinski definition) is 3. The summed E-state index contributed by atoms with van der Waals surface area (Å²) in [6.07, 6.45) is 5.60. The molecule has 0 aliphatic carbocycles. The largest absolute Gasteiger partial charge is 0.393 e. The van der Waals surface area contributed by atoms with Gasteiger partial charge >= 0.3 is 0 Å². The Morgan fingerprint density at radius 2 is 2.31 bits per heavy atom. The summed E-state index contributed by atoms with van der Waals surface area (Å²) >= 11 is 0. The third kappa shape index (κ3) is 6.14. The molecule has 0 heterocycles. The van der Waals surface area contributed by atoms with E-state index < -0.39 is 5.60 Å². The van der Waals surface area contributed by atoms with Crippen molar-refractivity contribution in [3.05, 3.63) is 0 Å². The van der Waals surface area contributed by atoms with Crippen LogP contribution in [0.15, 0.2) is 0 Å². The number of terminal acetylenes is 1. The molecule has 1 amide bonds. The normalized spacial score (nSPS) is 14.3. The predicted octanol–water partition coefficient (Wildman–Crippen LogP) is -0.741. The zero-order valence-corrected chi connectivity index (χ0v) is 7.71. The lowest BCUT2D eigenvalue weighted by atomic mass is 10.1. The summed E-state index contributed by atoms with van der Waals surface area (Å²) in [5.74, 6) is 2.12. The fraction of sp³-hybridized carbons (Fsp3) is 0.667. The SMILES string of the molecule is C#CCCC(=O)NCC(C)(O)CO. The number of nitrogens with one attached hydrogen (secondary N) is 1. The van der Waals surface area contributed by atoms with Gasteiger partial charge in [0.1, 0.15) is 5.60 Å². The molecule has 3 N–H and O–H groups in total. The van der Waals surface area contributed by atoms with Crippen molar-refractivity contribution in [3.63, 3.8) is 0 Å². The molecule has 0 spiro atoms. The molecule has 0 saturated carbocycles. The van der Waals surface area contributed by atoms with Crippen LogP contribution in [0.25, 0.3) is 0 Å². The highest BCUT2D eigenvalue weighted by Gasteiger charge is 2.19. The standard InChI is InChI=1S/C9H15NO3/c1-3-4-5-8(12)10-6-9(2,13)7-11/h1,11,13H,4-7H2,2H3,(H,10,12). The molecular formula is C9H15NO3. The van der Waals surface area contributed by atoms with Gasteiger partial charge < -0.3 is 15.5 Å². The van der Waals surface area contributed by atoms with Crippen molar-refractivity contribution in [2.24, 2.45) is 0 Å². The Morgan fingerprint density at radius 3 is 2.77 bits per heavy atom. The zero-order chi connectivity index (χ0) is 10.3. The third-order valence-electron chi connectivity index (χ3n) is 1.50. The van der Waals surface area contributed by atoms with E-state index in [1.807, 2.05) is 0 Å². The first kappa shape index (κ1) is 11.9. The van der Waals surface area contributed by atoms with E-state index in [1.165, 1.54) is 6.92 Å². The highest BCUT2D eigenvalue weighted by Crippen LogP contribution is 1.98. The van der Waals surface area contributed by atoms with Crippen LogP contribution in [-0.4, -0.2) is 34.9 Å². The van der Waals surface area contributed by atoms with E-state index in [1.54, 1.807) is 0 Å². The summed E-state index contributed by atoms with van der Waals surface area (Å²) in [6.45, 7) is 1.09. The lowest BCUT2D eigenvalue weighted by Crippen LogP contribution is -2.43. The van der Waals surface area contributed by atoms with Gasteiger partial charge in [-0.25, -0.2) is 0 Å². The molecule has 0 aromatic carbocycles. The van der Waals surface area contributed by atoms with Crippen LogP contribution in [0, 0.1) is 12.3 Å². The van der Waals surface area contributed by atoms with Crippen LogP contribution in [0.3, 0.4) is 0 Å². The van der Waals surface area contributed by atoms with E-state index in [2.05, 4.69) is 11.2 Å². The van der Waals surface area contributed by atoms with Crippen molar-refractivity contribution in [1.82, 2.24) is 5.32 Å². The summed E-state index contributed by atoms with van der Waals surface area (Å²) < 4.78 is 0. The average molecular weight is 185 g/mol. The van der Waals surface area contributed by atoms with Gasteiger partial charge in [-0.05, 0) is 6.92 Å². The van der Waals surface area contributed by atoms with E-state index in [-0.39, 0.29) is 25.5 Å². The van der Waals surface area contributed by atoms with Crippen molar-refractivity contribution < 1.29 is 15.0 Å². The second kappa shape index (κ2) is 5.57. The van der Waals surface area contributed by atoms with E-state index in [0.29, 0.717) is 6.42 Å². The van der Waals surface area contributed by atoms with Gasteiger partial charge in [-0.2, -0.15) is 0 Å². The minimum absolute atomic E-state index is 0.0346. The molecule has 1 atom stereocenters. The highest BCUT2D eigenvalue weighted by molar-refractivity contribution is 5.76. The molecule has 13 heavy (non-hydrogen) atoms. The Morgan fingerprint density at radius 1 is 1.69 bits per heavy atom. The molecule has 0 saturated heterocycles. The van der Waals surface area contributed by atoms with Crippen LogP contribution < -0.4 is 5.32 Å². The minimum atomic E-state index is -1.26. The maximum atomic E-state index is 11.0. The molecule has 0 aromatic rings. The molecule has 0 aliphatic rings. The lowest BCUT2D eigenvalue weighted by molar-refractivity contribution is -0.122. The molecule has 4 heteroatoms. The van der Waals surface area contributed by atoms with Crippen molar-refractivity contribution >= 4 is 5.91 Å². The number of hydrogen-bond donors (Lipinski definition) is 3. The topological polar surface area (TPSA) is 69.6 Å². The molecule has 4 nitrogen and oxygen atoms in total. The minimum Gasteiger partial charge on any atom is -0.393 e. The Kier molecular flexibility index (Phi) is 5.12. The Labute approximate surface area is 78.0 Å². The maximum Gasteiger partial charge on any atom is 0.221 e.